The third kappa shape index (κ3) is 4.26. The lowest BCUT2D eigenvalue weighted by Crippen LogP contribution is -2.23. The van der Waals surface area contributed by atoms with Crippen molar-refractivity contribution in [2.75, 3.05) is 16.8 Å². The van der Waals surface area contributed by atoms with Crippen LogP contribution in [0.5, 0.6) is 0 Å². The van der Waals surface area contributed by atoms with Crippen LogP contribution in [0.4, 0.5) is 26.4 Å². The van der Waals surface area contributed by atoms with Gasteiger partial charge >= 0.3 is 0 Å². The third-order valence-electron chi connectivity index (χ3n) is 6.19. The highest BCUT2D eigenvalue weighted by Crippen LogP contribution is 2.39. The van der Waals surface area contributed by atoms with Gasteiger partial charge in [-0.25, -0.2) is 8.78 Å². The number of pyridine rings is 2. The molecular formula is C28H21F2N7O. The van der Waals surface area contributed by atoms with E-state index >= 15 is 0 Å². The van der Waals surface area contributed by atoms with Crippen molar-refractivity contribution >= 4 is 23.1 Å². The summed E-state index contributed by atoms with van der Waals surface area (Å²) in [4.78, 5) is 21.9. The molecule has 0 bridgehead atoms. The maximum Gasteiger partial charge on any atom is 0.263 e. The van der Waals surface area contributed by atoms with Gasteiger partial charge in [-0.3, -0.25) is 9.20 Å². The van der Waals surface area contributed by atoms with E-state index in [1.165, 1.54) is 28.7 Å². The molecule has 10 heteroatoms. The number of nitrogens with one attached hydrogen (secondary N) is 1. The molecule has 0 saturated heterocycles. The standard InChI is InChI=1S/C28H21F2N7O/c1-15(34-26-20(13-31)25(32)35-28(33)36-26)22-23(17-7-9-18(29)10-8-17)21-12-11-19(30)14-37(21)27(38)24(22)16-5-3-2-4-6-16/h2-12,14-15H,1H3,(H5,32,33,34,35,36)/t15-/m0/s1. The Morgan fingerprint density at radius 2 is 1.58 bits per heavy atom. The molecule has 5 aromatic rings. The number of nitriles is 1. The summed E-state index contributed by atoms with van der Waals surface area (Å²) in [5.74, 6) is -1.15. The molecule has 0 unspecified atom stereocenters. The number of benzene rings is 2. The van der Waals surface area contributed by atoms with Gasteiger partial charge in [0.05, 0.1) is 17.1 Å². The van der Waals surface area contributed by atoms with Gasteiger partial charge < -0.3 is 16.8 Å². The van der Waals surface area contributed by atoms with Gasteiger partial charge in [-0.1, -0.05) is 42.5 Å². The first-order chi connectivity index (χ1) is 18.3. The van der Waals surface area contributed by atoms with Crippen LogP contribution in [0, 0.1) is 23.0 Å². The monoisotopic (exact) mass is 509 g/mol. The zero-order valence-electron chi connectivity index (χ0n) is 20.1. The second kappa shape index (κ2) is 9.63. The number of nitrogen functional groups attached to an aromatic ring is 2. The molecule has 38 heavy (non-hydrogen) atoms. The van der Waals surface area contributed by atoms with Gasteiger partial charge in [0.1, 0.15) is 29.1 Å². The van der Waals surface area contributed by atoms with E-state index < -0.39 is 23.2 Å². The average Bonchev–Trinajstić information content (AvgIpc) is 2.89. The van der Waals surface area contributed by atoms with Gasteiger partial charge in [0.2, 0.25) is 5.95 Å². The Labute approximate surface area is 215 Å². The maximum atomic E-state index is 14.4. The largest absolute Gasteiger partial charge is 0.382 e. The van der Waals surface area contributed by atoms with Crippen molar-refractivity contribution in [2.24, 2.45) is 0 Å². The second-order valence-corrected chi connectivity index (χ2v) is 8.61. The van der Waals surface area contributed by atoms with Crippen molar-refractivity contribution in [1.29, 1.82) is 5.26 Å². The second-order valence-electron chi connectivity index (χ2n) is 8.61. The van der Waals surface area contributed by atoms with E-state index in [1.807, 2.05) is 12.1 Å². The molecule has 3 aromatic heterocycles. The molecule has 0 saturated carbocycles. The maximum absolute atomic E-state index is 14.4. The molecule has 3 heterocycles. The number of aromatic nitrogens is 3. The topological polar surface area (TPSA) is 135 Å². The lowest BCUT2D eigenvalue weighted by molar-refractivity contribution is 0.618. The van der Waals surface area contributed by atoms with E-state index in [-0.39, 0.29) is 23.1 Å². The van der Waals surface area contributed by atoms with E-state index in [9.17, 15) is 18.8 Å². The first kappa shape index (κ1) is 24.4. The van der Waals surface area contributed by atoms with Gasteiger partial charge in [0, 0.05) is 11.8 Å². The van der Waals surface area contributed by atoms with Crippen LogP contribution in [0.25, 0.3) is 27.8 Å². The van der Waals surface area contributed by atoms with Gasteiger partial charge in [-0.15, -0.1) is 0 Å². The predicted molar refractivity (Wildman–Crippen MR) is 142 cm³/mol. The third-order valence-corrected chi connectivity index (χ3v) is 6.19. The molecule has 0 aliphatic rings. The summed E-state index contributed by atoms with van der Waals surface area (Å²) in [6, 6.07) is 18.8. The summed E-state index contributed by atoms with van der Waals surface area (Å²) >= 11 is 0. The predicted octanol–water partition coefficient (Wildman–Crippen LogP) is 4.91. The molecule has 0 fully saturated rings. The molecule has 0 spiro atoms. The summed E-state index contributed by atoms with van der Waals surface area (Å²) in [6.07, 6.45) is 1.12. The van der Waals surface area contributed by atoms with Crippen molar-refractivity contribution in [3.05, 3.63) is 106 Å². The number of anilines is 3. The summed E-state index contributed by atoms with van der Waals surface area (Å²) < 4.78 is 29.5. The zero-order valence-corrected chi connectivity index (χ0v) is 20.1. The summed E-state index contributed by atoms with van der Waals surface area (Å²) in [6.45, 7) is 1.78. The van der Waals surface area contributed by atoms with Crippen LogP contribution in [0.1, 0.15) is 24.1 Å². The highest BCUT2D eigenvalue weighted by atomic mass is 19.1. The number of rotatable bonds is 5. The quantitative estimate of drug-likeness (QED) is 0.306. The number of halogens is 2. The normalized spacial score (nSPS) is 11.7. The number of fused-ring (bicyclic) bond motifs is 1. The molecule has 5 N–H and O–H groups in total. The van der Waals surface area contributed by atoms with Gasteiger partial charge in [0.15, 0.2) is 5.82 Å². The highest BCUT2D eigenvalue weighted by Gasteiger charge is 2.26. The van der Waals surface area contributed by atoms with E-state index in [0.717, 1.165) is 6.20 Å². The van der Waals surface area contributed by atoms with Crippen molar-refractivity contribution in [3.63, 3.8) is 0 Å². The minimum absolute atomic E-state index is 0.00442. The number of nitrogens with zero attached hydrogens (tertiary/aromatic N) is 4. The summed E-state index contributed by atoms with van der Waals surface area (Å²) in [5, 5.41) is 12.8. The molecule has 5 rings (SSSR count). The fraction of sp³-hybridized carbons (Fsp3) is 0.0714. The summed E-state index contributed by atoms with van der Waals surface area (Å²) in [7, 11) is 0. The fourth-order valence-electron chi connectivity index (χ4n) is 4.57. The summed E-state index contributed by atoms with van der Waals surface area (Å²) in [5.41, 5.74) is 14.2. The molecule has 1 atom stereocenters. The first-order valence-corrected chi connectivity index (χ1v) is 11.6. The molecule has 0 aliphatic heterocycles. The van der Waals surface area contributed by atoms with Crippen molar-refractivity contribution in [2.45, 2.75) is 13.0 Å². The Kier molecular flexibility index (Phi) is 6.18. The van der Waals surface area contributed by atoms with Crippen molar-refractivity contribution in [1.82, 2.24) is 14.4 Å². The van der Waals surface area contributed by atoms with E-state index in [2.05, 4.69) is 15.3 Å². The minimum atomic E-state index is -0.659. The molecule has 0 aliphatic carbocycles. The molecule has 0 amide bonds. The zero-order chi connectivity index (χ0) is 27.0. The lowest BCUT2D eigenvalue weighted by atomic mass is 9.88. The SMILES string of the molecule is C[C@H](Nc1nc(N)nc(N)c1C#N)c1c(-c2ccccc2)c(=O)n2cc(F)ccc2c1-c1ccc(F)cc1. The fourth-order valence-corrected chi connectivity index (χ4v) is 4.57. The Bertz CT molecular complexity index is 1780. The molecule has 8 nitrogen and oxygen atoms in total. The smallest absolute Gasteiger partial charge is 0.263 e. The Balaban J connectivity index is 1.88. The van der Waals surface area contributed by atoms with Crippen molar-refractivity contribution < 1.29 is 8.78 Å². The Morgan fingerprint density at radius 1 is 0.921 bits per heavy atom. The molecule has 0 radical (unpaired) electrons. The van der Waals surface area contributed by atoms with Crippen LogP contribution in [0.2, 0.25) is 0 Å². The van der Waals surface area contributed by atoms with E-state index in [1.54, 1.807) is 43.3 Å². The Morgan fingerprint density at radius 3 is 2.26 bits per heavy atom. The average molecular weight is 510 g/mol. The minimum Gasteiger partial charge on any atom is -0.382 e. The van der Waals surface area contributed by atoms with Gasteiger partial charge in [-0.05, 0) is 47.9 Å². The first-order valence-electron chi connectivity index (χ1n) is 11.6. The lowest BCUT2D eigenvalue weighted by Gasteiger charge is -2.25. The Hall–Kier alpha value is -5.30. The van der Waals surface area contributed by atoms with Crippen LogP contribution in [-0.2, 0) is 0 Å². The van der Waals surface area contributed by atoms with Crippen LogP contribution in [-0.4, -0.2) is 14.4 Å². The highest BCUT2D eigenvalue weighted by molar-refractivity contribution is 5.89. The van der Waals surface area contributed by atoms with E-state index in [0.29, 0.717) is 33.3 Å². The van der Waals surface area contributed by atoms with Crippen LogP contribution < -0.4 is 22.3 Å². The molecule has 2 aromatic carbocycles. The number of hydrogen-bond donors (Lipinski definition) is 3. The van der Waals surface area contributed by atoms with Crippen LogP contribution in [0.15, 0.2) is 77.7 Å². The van der Waals surface area contributed by atoms with Crippen LogP contribution in [0.3, 0.4) is 0 Å². The number of hydrogen-bond acceptors (Lipinski definition) is 7. The van der Waals surface area contributed by atoms with E-state index in [4.69, 9.17) is 11.5 Å². The van der Waals surface area contributed by atoms with Gasteiger partial charge in [-0.2, -0.15) is 15.2 Å². The molecule has 188 valence electrons. The number of nitrogens with two attached hydrogens (primary N) is 2. The van der Waals surface area contributed by atoms with Crippen LogP contribution >= 0.6 is 0 Å². The van der Waals surface area contributed by atoms with Gasteiger partial charge in [0.25, 0.3) is 5.56 Å². The molecular weight excluding hydrogens is 488 g/mol. The van der Waals surface area contributed by atoms with Crippen molar-refractivity contribution in [3.8, 4) is 28.3 Å².